The van der Waals surface area contributed by atoms with Gasteiger partial charge in [-0.25, -0.2) is 0 Å². The van der Waals surface area contributed by atoms with Crippen molar-refractivity contribution in [2.24, 2.45) is 0 Å². The summed E-state index contributed by atoms with van der Waals surface area (Å²) in [6, 6.07) is 21.5. The van der Waals surface area contributed by atoms with Gasteiger partial charge in [0.05, 0.1) is 0 Å². The van der Waals surface area contributed by atoms with Gasteiger partial charge in [-0.15, -0.1) is 0 Å². The summed E-state index contributed by atoms with van der Waals surface area (Å²) >= 11 is 2.07. The van der Waals surface area contributed by atoms with Gasteiger partial charge in [0.25, 0.3) is 0 Å². The van der Waals surface area contributed by atoms with Crippen LogP contribution in [0.2, 0.25) is 0 Å². The second kappa shape index (κ2) is 9.64. The number of hydrogen-bond acceptors (Lipinski definition) is 2. The topological polar surface area (TPSA) is 12.0 Å². The van der Waals surface area contributed by atoms with Gasteiger partial charge >= 0.3 is 0 Å². The second-order valence-electron chi connectivity index (χ2n) is 5.24. The highest BCUT2D eigenvalue weighted by Gasteiger charge is 2.11. The Balaban J connectivity index is 1.86. The van der Waals surface area contributed by atoms with Crippen molar-refractivity contribution in [2.45, 2.75) is 31.6 Å². The Labute approximate surface area is 133 Å². The molecule has 2 rings (SSSR count). The molecule has 0 heterocycles. The molecule has 0 aliphatic heterocycles. The molecule has 0 bridgehead atoms. The quantitative estimate of drug-likeness (QED) is 0.650. The highest BCUT2D eigenvalue weighted by atomic mass is 32.2. The molecule has 0 aromatic heterocycles. The van der Waals surface area contributed by atoms with Gasteiger partial charge in [-0.3, -0.25) is 0 Å². The van der Waals surface area contributed by atoms with Crippen molar-refractivity contribution in [1.29, 1.82) is 0 Å². The fourth-order valence-electron chi connectivity index (χ4n) is 2.25. The molecule has 0 radical (unpaired) electrons. The molecular formula is C19H25NS. The third-order valence-corrected chi connectivity index (χ3v) is 4.86. The van der Waals surface area contributed by atoms with Crippen LogP contribution in [-0.2, 0) is 6.54 Å². The van der Waals surface area contributed by atoms with E-state index < -0.39 is 0 Å². The van der Waals surface area contributed by atoms with Crippen LogP contribution in [-0.4, -0.2) is 12.3 Å². The van der Waals surface area contributed by atoms with Crippen molar-refractivity contribution >= 4 is 11.8 Å². The Kier molecular flexibility index (Phi) is 7.41. The molecule has 1 nitrogen and oxygen atoms in total. The van der Waals surface area contributed by atoms with Crippen molar-refractivity contribution in [3.8, 4) is 0 Å². The van der Waals surface area contributed by atoms with Gasteiger partial charge in [0, 0.05) is 18.3 Å². The Morgan fingerprint density at radius 1 is 0.952 bits per heavy atom. The summed E-state index contributed by atoms with van der Waals surface area (Å²) in [7, 11) is 0. The molecule has 0 aliphatic carbocycles. The van der Waals surface area contributed by atoms with Crippen molar-refractivity contribution in [2.75, 3.05) is 12.3 Å². The Morgan fingerprint density at radius 2 is 1.62 bits per heavy atom. The van der Waals surface area contributed by atoms with Crippen LogP contribution in [0.1, 0.15) is 36.1 Å². The van der Waals surface area contributed by atoms with Gasteiger partial charge in [0.15, 0.2) is 0 Å². The molecule has 2 heteroatoms. The van der Waals surface area contributed by atoms with Crippen LogP contribution >= 0.6 is 11.8 Å². The first-order valence-electron chi connectivity index (χ1n) is 7.81. The molecule has 0 saturated carbocycles. The van der Waals surface area contributed by atoms with Crippen molar-refractivity contribution < 1.29 is 0 Å². The maximum Gasteiger partial charge on any atom is 0.0421 e. The second-order valence-corrected chi connectivity index (χ2v) is 6.55. The van der Waals surface area contributed by atoms with Crippen LogP contribution in [0.15, 0.2) is 60.7 Å². The summed E-state index contributed by atoms with van der Waals surface area (Å²) in [6.45, 7) is 4.22. The lowest BCUT2D eigenvalue weighted by Gasteiger charge is -2.18. The standard InChI is InChI=1S/C19H25NS/c1-2-3-14-21-19(18-12-8-5-9-13-18)16-20-15-17-10-6-4-7-11-17/h4-13,19-20H,2-3,14-16H2,1H3. The fourth-order valence-corrected chi connectivity index (χ4v) is 3.58. The summed E-state index contributed by atoms with van der Waals surface area (Å²) in [4.78, 5) is 0. The normalized spacial score (nSPS) is 12.2. The predicted octanol–water partition coefficient (Wildman–Crippen LogP) is 5.05. The summed E-state index contributed by atoms with van der Waals surface area (Å²) in [5, 5.41) is 4.15. The zero-order chi connectivity index (χ0) is 14.8. The SMILES string of the molecule is CCCCSC(CNCc1ccccc1)c1ccccc1. The Hall–Kier alpha value is -1.25. The van der Waals surface area contributed by atoms with Gasteiger partial charge in [-0.05, 0) is 23.3 Å². The third-order valence-electron chi connectivity index (χ3n) is 3.49. The van der Waals surface area contributed by atoms with Crippen molar-refractivity contribution in [3.05, 3.63) is 71.8 Å². The molecule has 21 heavy (non-hydrogen) atoms. The molecule has 0 fully saturated rings. The van der Waals surface area contributed by atoms with E-state index in [0.717, 1.165) is 13.1 Å². The Bertz CT molecular complexity index is 483. The van der Waals surface area contributed by atoms with Gasteiger partial charge in [0.2, 0.25) is 0 Å². The average molecular weight is 299 g/mol. The number of unbranched alkanes of at least 4 members (excludes halogenated alkanes) is 1. The minimum Gasteiger partial charge on any atom is -0.311 e. The zero-order valence-corrected chi connectivity index (χ0v) is 13.6. The molecule has 0 spiro atoms. The molecule has 1 atom stereocenters. The molecule has 0 amide bonds. The van der Waals surface area contributed by atoms with Crippen LogP contribution in [0, 0.1) is 0 Å². The number of hydrogen-bond donors (Lipinski definition) is 1. The Morgan fingerprint density at radius 3 is 2.29 bits per heavy atom. The van der Waals surface area contributed by atoms with E-state index in [-0.39, 0.29) is 0 Å². The molecule has 112 valence electrons. The minimum absolute atomic E-state index is 0.543. The van der Waals surface area contributed by atoms with E-state index in [1.165, 1.54) is 29.7 Å². The molecule has 2 aromatic rings. The van der Waals surface area contributed by atoms with E-state index in [2.05, 4.69) is 84.7 Å². The lowest BCUT2D eigenvalue weighted by molar-refractivity contribution is 0.678. The number of nitrogens with one attached hydrogen (secondary N) is 1. The van der Waals surface area contributed by atoms with Crippen LogP contribution in [0.4, 0.5) is 0 Å². The van der Waals surface area contributed by atoms with Crippen LogP contribution in [0.5, 0.6) is 0 Å². The largest absolute Gasteiger partial charge is 0.311 e. The van der Waals surface area contributed by atoms with E-state index in [1.807, 2.05) is 0 Å². The maximum absolute atomic E-state index is 3.61. The van der Waals surface area contributed by atoms with Gasteiger partial charge in [-0.1, -0.05) is 74.0 Å². The van der Waals surface area contributed by atoms with E-state index in [1.54, 1.807) is 0 Å². The summed E-state index contributed by atoms with van der Waals surface area (Å²) in [5.41, 5.74) is 2.78. The van der Waals surface area contributed by atoms with Crippen molar-refractivity contribution in [1.82, 2.24) is 5.32 Å². The first-order valence-corrected chi connectivity index (χ1v) is 8.86. The zero-order valence-electron chi connectivity index (χ0n) is 12.8. The van der Waals surface area contributed by atoms with E-state index in [9.17, 15) is 0 Å². The van der Waals surface area contributed by atoms with E-state index in [0.29, 0.717) is 5.25 Å². The molecule has 1 N–H and O–H groups in total. The first-order chi connectivity index (χ1) is 10.4. The number of benzene rings is 2. The summed E-state index contributed by atoms with van der Waals surface area (Å²) in [6.07, 6.45) is 2.57. The fraction of sp³-hybridized carbons (Fsp3) is 0.368. The lowest BCUT2D eigenvalue weighted by Crippen LogP contribution is -2.20. The highest BCUT2D eigenvalue weighted by Crippen LogP contribution is 2.28. The monoisotopic (exact) mass is 299 g/mol. The van der Waals surface area contributed by atoms with E-state index >= 15 is 0 Å². The van der Waals surface area contributed by atoms with Crippen molar-refractivity contribution in [3.63, 3.8) is 0 Å². The third kappa shape index (κ3) is 5.94. The van der Waals surface area contributed by atoms with Crippen LogP contribution in [0.25, 0.3) is 0 Å². The van der Waals surface area contributed by atoms with Crippen LogP contribution in [0.3, 0.4) is 0 Å². The summed E-state index contributed by atoms with van der Waals surface area (Å²) in [5.74, 6) is 1.24. The average Bonchev–Trinajstić information content (AvgIpc) is 2.55. The highest BCUT2D eigenvalue weighted by molar-refractivity contribution is 7.99. The lowest BCUT2D eigenvalue weighted by atomic mass is 10.1. The number of thioether (sulfide) groups is 1. The molecule has 0 aliphatic rings. The van der Waals surface area contributed by atoms with E-state index in [4.69, 9.17) is 0 Å². The minimum atomic E-state index is 0.543. The van der Waals surface area contributed by atoms with Gasteiger partial charge in [0.1, 0.15) is 0 Å². The molecular weight excluding hydrogens is 274 g/mol. The molecule has 0 saturated heterocycles. The van der Waals surface area contributed by atoms with Gasteiger partial charge < -0.3 is 5.32 Å². The molecule has 2 aromatic carbocycles. The predicted molar refractivity (Wildman–Crippen MR) is 94.7 cm³/mol. The van der Waals surface area contributed by atoms with Crippen LogP contribution < -0.4 is 5.32 Å². The first kappa shape index (κ1) is 16.1. The number of rotatable bonds is 9. The van der Waals surface area contributed by atoms with Gasteiger partial charge in [-0.2, -0.15) is 11.8 Å². The summed E-state index contributed by atoms with van der Waals surface area (Å²) < 4.78 is 0. The molecule has 1 unspecified atom stereocenters. The maximum atomic E-state index is 3.61. The smallest absolute Gasteiger partial charge is 0.0421 e.